The van der Waals surface area contributed by atoms with Crippen LogP contribution in [0.3, 0.4) is 0 Å². The third-order valence-electron chi connectivity index (χ3n) is 3.67. The van der Waals surface area contributed by atoms with Gasteiger partial charge in [-0.1, -0.05) is 41.9 Å². The molecule has 0 aliphatic heterocycles. The van der Waals surface area contributed by atoms with Crippen molar-refractivity contribution in [2.45, 2.75) is 13.3 Å². The van der Waals surface area contributed by atoms with Gasteiger partial charge in [-0.25, -0.2) is 0 Å². The molecule has 0 radical (unpaired) electrons. The van der Waals surface area contributed by atoms with E-state index in [2.05, 4.69) is 20.9 Å². The fraction of sp³-hybridized carbons (Fsp3) is 0.300. The Morgan fingerprint density at radius 2 is 1.65 bits per heavy atom. The molecule has 138 valence electrons. The Morgan fingerprint density at radius 1 is 0.962 bits per heavy atom. The van der Waals surface area contributed by atoms with Crippen molar-refractivity contribution in [2.75, 3.05) is 26.2 Å². The van der Waals surface area contributed by atoms with Gasteiger partial charge >= 0.3 is 0 Å². The van der Waals surface area contributed by atoms with Gasteiger partial charge in [0.2, 0.25) is 0 Å². The number of carbonyl (C=O) groups excluding carboxylic acids is 1. The Labute approximate surface area is 159 Å². The molecule has 5 nitrogen and oxygen atoms in total. The molecule has 0 spiro atoms. The zero-order valence-electron chi connectivity index (χ0n) is 15.0. The first-order valence-electron chi connectivity index (χ1n) is 8.79. The molecule has 0 saturated carbocycles. The molecule has 2 aromatic carbocycles. The van der Waals surface area contributed by atoms with E-state index >= 15 is 0 Å². The van der Waals surface area contributed by atoms with Crippen LogP contribution in [0.2, 0.25) is 5.02 Å². The number of rotatable bonds is 8. The fourth-order valence-corrected chi connectivity index (χ4v) is 2.46. The molecule has 6 heteroatoms. The Bertz CT molecular complexity index is 702. The van der Waals surface area contributed by atoms with E-state index in [4.69, 9.17) is 11.6 Å². The number of amides is 1. The number of hydrogen-bond acceptors (Lipinski definition) is 2. The van der Waals surface area contributed by atoms with E-state index < -0.39 is 0 Å². The summed E-state index contributed by atoms with van der Waals surface area (Å²) in [6.45, 7) is 4.60. The maximum Gasteiger partial charge on any atom is 0.251 e. The Balaban J connectivity index is 1.73. The normalized spacial score (nSPS) is 11.1. The minimum Gasteiger partial charge on any atom is -0.357 e. The van der Waals surface area contributed by atoms with Crippen LogP contribution in [-0.4, -0.2) is 38.0 Å². The van der Waals surface area contributed by atoms with Crippen LogP contribution in [0.1, 0.15) is 22.8 Å². The summed E-state index contributed by atoms with van der Waals surface area (Å²) in [7, 11) is 0. The molecule has 1 amide bonds. The van der Waals surface area contributed by atoms with Crippen molar-refractivity contribution in [2.24, 2.45) is 4.99 Å². The van der Waals surface area contributed by atoms with E-state index in [9.17, 15) is 4.79 Å². The van der Waals surface area contributed by atoms with Crippen LogP contribution in [-0.2, 0) is 6.42 Å². The lowest BCUT2D eigenvalue weighted by Gasteiger charge is -2.12. The Hall–Kier alpha value is -2.53. The number of nitrogens with zero attached hydrogens (tertiary/aromatic N) is 1. The van der Waals surface area contributed by atoms with Crippen molar-refractivity contribution in [3.63, 3.8) is 0 Å². The highest BCUT2D eigenvalue weighted by molar-refractivity contribution is 6.30. The highest BCUT2D eigenvalue weighted by Gasteiger charge is 2.03. The largest absolute Gasteiger partial charge is 0.357 e. The number of halogens is 1. The van der Waals surface area contributed by atoms with Crippen LogP contribution < -0.4 is 16.0 Å². The highest BCUT2D eigenvalue weighted by atomic mass is 35.5. The van der Waals surface area contributed by atoms with Crippen molar-refractivity contribution in [1.29, 1.82) is 0 Å². The van der Waals surface area contributed by atoms with Gasteiger partial charge in [0, 0.05) is 36.8 Å². The summed E-state index contributed by atoms with van der Waals surface area (Å²) in [5.74, 6) is 0.674. The maximum absolute atomic E-state index is 12.0. The van der Waals surface area contributed by atoms with E-state index in [0.29, 0.717) is 25.2 Å². The zero-order valence-corrected chi connectivity index (χ0v) is 15.7. The molecule has 0 heterocycles. The van der Waals surface area contributed by atoms with E-state index in [1.54, 1.807) is 12.1 Å². The molecular formula is C20H25ClN4O. The Kier molecular flexibility index (Phi) is 8.49. The smallest absolute Gasteiger partial charge is 0.251 e. The van der Waals surface area contributed by atoms with Gasteiger partial charge in [0.1, 0.15) is 0 Å². The summed E-state index contributed by atoms with van der Waals surface area (Å²) in [5.41, 5.74) is 1.86. The molecule has 0 saturated heterocycles. The number of benzene rings is 2. The average molecular weight is 373 g/mol. The number of hydrogen-bond donors (Lipinski definition) is 3. The lowest BCUT2D eigenvalue weighted by molar-refractivity contribution is 0.0954. The fourth-order valence-electron chi connectivity index (χ4n) is 2.34. The van der Waals surface area contributed by atoms with Crippen molar-refractivity contribution in [3.8, 4) is 0 Å². The average Bonchev–Trinajstić information content (AvgIpc) is 2.67. The monoisotopic (exact) mass is 372 g/mol. The van der Waals surface area contributed by atoms with Crippen LogP contribution in [0.5, 0.6) is 0 Å². The van der Waals surface area contributed by atoms with E-state index in [1.165, 1.54) is 5.56 Å². The minimum atomic E-state index is -0.0722. The standard InChI is InChI=1S/C20H25ClN4O/c1-2-22-20(24-13-12-16-8-10-18(21)11-9-16)25-15-14-23-19(26)17-6-4-3-5-7-17/h3-11H,2,12-15H2,1H3,(H,23,26)(H2,22,24,25). The van der Waals surface area contributed by atoms with E-state index in [0.717, 1.165) is 23.9 Å². The van der Waals surface area contributed by atoms with Gasteiger partial charge in [0.25, 0.3) is 5.91 Å². The molecule has 0 fully saturated rings. The van der Waals surface area contributed by atoms with Crippen LogP contribution in [0, 0.1) is 0 Å². The molecule has 3 N–H and O–H groups in total. The first-order valence-corrected chi connectivity index (χ1v) is 9.16. The van der Waals surface area contributed by atoms with Gasteiger partial charge in [-0.2, -0.15) is 0 Å². The van der Waals surface area contributed by atoms with E-state index in [1.807, 2.05) is 49.4 Å². The zero-order chi connectivity index (χ0) is 18.6. The number of nitrogens with one attached hydrogen (secondary N) is 3. The second kappa shape index (κ2) is 11.2. The van der Waals surface area contributed by atoms with Crippen LogP contribution in [0.25, 0.3) is 0 Å². The van der Waals surface area contributed by atoms with Gasteiger partial charge < -0.3 is 16.0 Å². The number of carbonyl (C=O) groups is 1. The maximum atomic E-state index is 12.0. The van der Waals surface area contributed by atoms with Crippen LogP contribution >= 0.6 is 11.6 Å². The summed E-state index contributed by atoms with van der Waals surface area (Å²) >= 11 is 5.89. The highest BCUT2D eigenvalue weighted by Crippen LogP contribution is 2.09. The molecule has 0 aliphatic carbocycles. The van der Waals surface area contributed by atoms with Gasteiger partial charge in [-0.3, -0.25) is 9.79 Å². The molecule has 2 aromatic rings. The molecule has 0 aromatic heterocycles. The molecule has 2 rings (SSSR count). The minimum absolute atomic E-state index is 0.0722. The first-order chi connectivity index (χ1) is 12.7. The van der Waals surface area contributed by atoms with Gasteiger partial charge in [0.15, 0.2) is 5.96 Å². The van der Waals surface area contributed by atoms with Gasteiger partial charge in [-0.15, -0.1) is 0 Å². The SMILES string of the molecule is CCNC(=NCCc1ccc(Cl)cc1)NCCNC(=O)c1ccccc1. The summed E-state index contributed by atoms with van der Waals surface area (Å²) in [5, 5.41) is 10.1. The molecule has 0 atom stereocenters. The summed E-state index contributed by atoms with van der Waals surface area (Å²) in [4.78, 5) is 16.5. The third-order valence-corrected chi connectivity index (χ3v) is 3.92. The summed E-state index contributed by atoms with van der Waals surface area (Å²) in [6, 6.07) is 17.0. The molecule has 26 heavy (non-hydrogen) atoms. The summed E-state index contributed by atoms with van der Waals surface area (Å²) < 4.78 is 0. The Morgan fingerprint density at radius 3 is 2.35 bits per heavy atom. The molecular weight excluding hydrogens is 348 g/mol. The van der Waals surface area contributed by atoms with Crippen LogP contribution in [0.15, 0.2) is 59.6 Å². The quantitative estimate of drug-likeness (QED) is 0.379. The lowest BCUT2D eigenvalue weighted by Crippen LogP contribution is -2.41. The lowest BCUT2D eigenvalue weighted by atomic mass is 10.1. The topological polar surface area (TPSA) is 65.5 Å². The molecule has 0 unspecified atom stereocenters. The number of aliphatic imine (C=N–C) groups is 1. The predicted octanol–water partition coefficient (Wildman–Crippen LogP) is 2.87. The molecule has 0 aliphatic rings. The second-order valence-electron chi connectivity index (χ2n) is 5.69. The van der Waals surface area contributed by atoms with Gasteiger partial charge in [0.05, 0.1) is 0 Å². The number of guanidine groups is 1. The van der Waals surface area contributed by atoms with Gasteiger partial charge in [-0.05, 0) is 43.2 Å². The van der Waals surface area contributed by atoms with Crippen LogP contribution in [0.4, 0.5) is 0 Å². The molecule has 0 bridgehead atoms. The second-order valence-corrected chi connectivity index (χ2v) is 6.12. The van der Waals surface area contributed by atoms with Crippen molar-refractivity contribution in [1.82, 2.24) is 16.0 Å². The third kappa shape index (κ3) is 7.15. The predicted molar refractivity (Wildman–Crippen MR) is 108 cm³/mol. The van der Waals surface area contributed by atoms with Crippen molar-refractivity contribution < 1.29 is 4.79 Å². The van der Waals surface area contributed by atoms with E-state index in [-0.39, 0.29) is 5.91 Å². The van der Waals surface area contributed by atoms with Crippen molar-refractivity contribution >= 4 is 23.5 Å². The first kappa shape index (κ1) is 19.8. The summed E-state index contributed by atoms with van der Waals surface area (Å²) in [6.07, 6.45) is 0.846. The van der Waals surface area contributed by atoms with Crippen molar-refractivity contribution in [3.05, 3.63) is 70.7 Å².